The van der Waals surface area contributed by atoms with Gasteiger partial charge in [0.25, 0.3) is 11.6 Å². The van der Waals surface area contributed by atoms with Crippen LogP contribution in [-0.2, 0) is 0 Å². The number of likely N-dealkylation sites (N-methyl/N-ethyl adjacent to an activating group) is 1. The molecule has 1 amide bonds. The lowest BCUT2D eigenvalue weighted by Gasteiger charge is -2.13. The summed E-state index contributed by atoms with van der Waals surface area (Å²) in [6.07, 6.45) is 0. The number of carbonyl (C=O) groups is 1. The summed E-state index contributed by atoms with van der Waals surface area (Å²) in [5.41, 5.74) is 0.400. The lowest BCUT2D eigenvalue weighted by Crippen LogP contribution is -2.38. The summed E-state index contributed by atoms with van der Waals surface area (Å²) in [5, 5.41) is 16.4. The average molecular weight is 251 g/mol. The fraction of sp³-hybridized carbons (Fsp3) is 0.417. The van der Waals surface area contributed by atoms with Gasteiger partial charge in [-0.2, -0.15) is 0 Å². The Kier molecular flexibility index (Phi) is 5.26. The number of carbonyl (C=O) groups excluding carboxylic acids is 1. The first-order chi connectivity index (χ1) is 8.54. The van der Waals surface area contributed by atoms with Gasteiger partial charge in [-0.25, -0.2) is 0 Å². The number of nitrogens with zero attached hydrogens (tertiary/aromatic N) is 1. The van der Waals surface area contributed by atoms with Gasteiger partial charge in [-0.3, -0.25) is 14.9 Å². The predicted octanol–water partition coefficient (Wildman–Crippen LogP) is 1.32. The van der Waals surface area contributed by atoms with E-state index in [2.05, 4.69) is 10.6 Å². The van der Waals surface area contributed by atoms with E-state index in [1.54, 1.807) is 0 Å². The summed E-state index contributed by atoms with van der Waals surface area (Å²) in [6, 6.07) is 5.74. The Morgan fingerprint density at radius 2 is 2.00 bits per heavy atom. The summed E-state index contributed by atoms with van der Waals surface area (Å²) >= 11 is 0. The van der Waals surface area contributed by atoms with E-state index in [1.807, 2.05) is 13.8 Å². The van der Waals surface area contributed by atoms with Gasteiger partial charge in [0.15, 0.2) is 0 Å². The number of non-ortho nitro benzene ring substituents is 1. The number of nitro benzene ring substituents is 1. The molecule has 0 aliphatic rings. The smallest absolute Gasteiger partial charge is 0.269 e. The lowest BCUT2D eigenvalue weighted by atomic mass is 10.2. The maximum atomic E-state index is 11.7. The Morgan fingerprint density at radius 1 is 1.39 bits per heavy atom. The fourth-order valence-corrected chi connectivity index (χ4v) is 1.50. The number of hydrogen-bond donors (Lipinski definition) is 2. The molecular weight excluding hydrogens is 234 g/mol. The lowest BCUT2D eigenvalue weighted by molar-refractivity contribution is -0.384. The molecule has 0 bridgehead atoms. The molecule has 0 saturated carbocycles. The average Bonchev–Trinajstić information content (AvgIpc) is 2.36. The minimum Gasteiger partial charge on any atom is -0.350 e. The maximum Gasteiger partial charge on any atom is 0.269 e. The molecule has 18 heavy (non-hydrogen) atoms. The van der Waals surface area contributed by atoms with Gasteiger partial charge in [0, 0.05) is 30.3 Å². The molecule has 1 aromatic carbocycles. The van der Waals surface area contributed by atoms with Crippen molar-refractivity contribution in [3.05, 3.63) is 39.9 Å². The standard InChI is InChI=1S/C12H17N3O3/c1-3-13-9(2)8-14-12(16)10-4-6-11(7-5-10)15(17)18/h4-7,9,13H,3,8H2,1-2H3,(H,14,16)/t9-/m1/s1. The molecule has 6 nitrogen and oxygen atoms in total. The number of benzene rings is 1. The van der Waals surface area contributed by atoms with Crippen LogP contribution in [0.25, 0.3) is 0 Å². The van der Waals surface area contributed by atoms with Crippen LogP contribution in [0.1, 0.15) is 24.2 Å². The molecular formula is C12H17N3O3. The van der Waals surface area contributed by atoms with Crippen LogP contribution in [0.3, 0.4) is 0 Å². The minimum absolute atomic E-state index is 0.0208. The molecule has 0 heterocycles. The Labute approximate surface area is 106 Å². The molecule has 0 fully saturated rings. The molecule has 2 N–H and O–H groups in total. The summed E-state index contributed by atoms with van der Waals surface area (Å²) in [4.78, 5) is 21.7. The molecule has 98 valence electrons. The molecule has 1 aromatic rings. The number of amides is 1. The van der Waals surface area contributed by atoms with Crippen LogP contribution < -0.4 is 10.6 Å². The van der Waals surface area contributed by atoms with Gasteiger partial charge < -0.3 is 10.6 Å². The van der Waals surface area contributed by atoms with E-state index in [0.717, 1.165) is 6.54 Å². The molecule has 1 atom stereocenters. The van der Waals surface area contributed by atoms with E-state index in [1.165, 1.54) is 24.3 Å². The first-order valence-corrected chi connectivity index (χ1v) is 5.80. The van der Waals surface area contributed by atoms with E-state index >= 15 is 0 Å². The third kappa shape index (κ3) is 4.14. The number of hydrogen-bond acceptors (Lipinski definition) is 4. The van der Waals surface area contributed by atoms with Crippen molar-refractivity contribution in [3.63, 3.8) is 0 Å². The van der Waals surface area contributed by atoms with E-state index in [9.17, 15) is 14.9 Å². The van der Waals surface area contributed by atoms with E-state index in [0.29, 0.717) is 12.1 Å². The van der Waals surface area contributed by atoms with Crippen molar-refractivity contribution in [2.24, 2.45) is 0 Å². The third-order valence-electron chi connectivity index (χ3n) is 2.46. The topological polar surface area (TPSA) is 84.3 Å². The largest absolute Gasteiger partial charge is 0.350 e. The second kappa shape index (κ2) is 6.70. The zero-order chi connectivity index (χ0) is 13.5. The molecule has 0 radical (unpaired) electrons. The third-order valence-corrected chi connectivity index (χ3v) is 2.46. The van der Waals surface area contributed by atoms with Gasteiger partial charge in [-0.15, -0.1) is 0 Å². The van der Waals surface area contributed by atoms with Crippen molar-refractivity contribution in [2.75, 3.05) is 13.1 Å². The van der Waals surface area contributed by atoms with Gasteiger partial charge in [0.05, 0.1) is 4.92 Å². The quantitative estimate of drug-likeness (QED) is 0.590. The molecule has 0 aromatic heterocycles. The zero-order valence-corrected chi connectivity index (χ0v) is 10.5. The van der Waals surface area contributed by atoms with Crippen molar-refractivity contribution in [2.45, 2.75) is 19.9 Å². The van der Waals surface area contributed by atoms with Crippen molar-refractivity contribution in [1.82, 2.24) is 10.6 Å². The van der Waals surface area contributed by atoms with Crippen LogP contribution in [0, 0.1) is 10.1 Å². The second-order valence-electron chi connectivity index (χ2n) is 3.97. The molecule has 0 saturated heterocycles. The van der Waals surface area contributed by atoms with Crippen molar-refractivity contribution >= 4 is 11.6 Å². The van der Waals surface area contributed by atoms with Gasteiger partial charge >= 0.3 is 0 Å². The number of nitro groups is 1. The van der Waals surface area contributed by atoms with Gasteiger partial charge in [-0.1, -0.05) is 6.92 Å². The van der Waals surface area contributed by atoms with Crippen LogP contribution in [-0.4, -0.2) is 30.0 Å². The Bertz CT molecular complexity index is 417. The SMILES string of the molecule is CCN[C@H](C)CNC(=O)c1ccc([N+](=O)[O-])cc1. The monoisotopic (exact) mass is 251 g/mol. The first kappa shape index (κ1) is 14.1. The Balaban J connectivity index is 2.54. The first-order valence-electron chi connectivity index (χ1n) is 5.80. The van der Waals surface area contributed by atoms with Crippen LogP contribution in [0.5, 0.6) is 0 Å². The van der Waals surface area contributed by atoms with Gasteiger partial charge in [0.1, 0.15) is 0 Å². The summed E-state index contributed by atoms with van der Waals surface area (Å²) < 4.78 is 0. The second-order valence-corrected chi connectivity index (χ2v) is 3.97. The van der Waals surface area contributed by atoms with E-state index in [-0.39, 0.29) is 17.6 Å². The summed E-state index contributed by atoms with van der Waals surface area (Å²) in [7, 11) is 0. The van der Waals surface area contributed by atoms with Crippen molar-refractivity contribution in [1.29, 1.82) is 0 Å². The molecule has 0 aliphatic heterocycles. The highest BCUT2D eigenvalue weighted by Gasteiger charge is 2.09. The highest BCUT2D eigenvalue weighted by Crippen LogP contribution is 2.11. The molecule has 1 rings (SSSR count). The van der Waals surface area contributed by atoms with Crippen molar-refractivity contribution < 1.29 is 9.72 Å². The summed E-state index contributed by atoms with van der Waals surface area (Å²) in [5.74, 6) is -0.227. The normalized spacial score (nSPS) is 11.9. The summed E-state index contributed by atoms with van der Waals surface area (Å²) in [6.45, 7) is 5.33. The fourth-order valence-electron chi connectivity index (χ4n) is 1.50. The highest BCUT2D eigenvalue weighted by atomic mass is 16.6. The van der Waals surface area contributed by atoms with Crippen LogP contribution in [0.4, 0.5) is 5.69 Å². The minimum atomic E-state index is -0.491. The molecule has 0 unspecified atom stereocenters. The maximum absolute atomic E-state index is 11.7. The highest BCUT2D eigenvalue weighted by molar-refractivity contribution is 5.94. The van der Waals surface area contributed by atoms with E-state index < -0.39 is 4.92 Å². The molecule has 0 aliphatic carbocycles. The van der Waals surface area contributed by atoms with Crippen LogP contribution in [0.2, 0.25) is 0 Å². The van der Waals surface area contributed by atoms with Gasteiger partial charge in [-0.05, 0) is 25.6 Å². The number of nitrogens with one attached hydrogen (secondary N) is 2. The van der Waals surface area contributed by atoms with Crippen molar-refractivity contribution in [3.8, 4) is 0 Å². The molecule has 6 heteroatoms. The van der Waals surface area contributed by atoms with Crippen LogP contribution in [0.15, 0.2) is 24.3 Å². The number of rotatable bonds is 6. The van der Waals surface area contributed by atoms with E-state index in [4.69, 9.17) is 0 Å². The Hall–Kier alpha value is -1.95. The Morgan fingerprint density at radius 3 is 2.50 bits per heavy atom. The van der Waals surface area contributed by atoms with Gasteiger partial charge in [0.2, 0.25) is 0 Å². The van der Waals surface area contributed by atoms with Crippen LogP contribution >= 0.6 is 0 Å². The zero-order valence-electron chi connectivity index (χ0n) is 10.5. The predicted molar refractivity (Wildman–Crippen MR) is 68.6 cm³/mol. The molecule has 0 spiro atoms.